The maximum Gasteiger partial charge on any atom is 0.274 e. The van der Waals surface area contributed by atoms with Crippen LogP contribution in [-0.2, 0) is 18.8 Å². The summed E-state index contributed by atoms with van der Waals surface area (Å²) in [7, 11) is 0. The van der Waals surface area contributed by atoms with Gasteiger partial charge in [-0.3, -0.25) is 4.79 Å². The van der Waals surface area contributed by atoms with E-state index >= 15 is 0 Å². The standard InChI is InChI=1S/C24H19Cl2N3O2S/c25-19-10-8-17(9-11-19)14-29(15-20-7-4-12-31-20)23(30)22-21(26)13-27-24(28-22)32-16-18-5-2-1-3-6-18/h1-13H,14-16H2. The van der Waals surface area contributed by atoms with Crippen LogP contribution in [0.4, 0.5) is 0 Å². The number of nitrogens with zero attached hydrogens (tertiary/aromatic N) is 3. The predicted molar refractivity (Wildman–Crippen MR) is 127 cm³/mol. The molecule has 0 saturated heterocycles. The normalized spacial score (nSPS) is 10.8. The van der Waals surface area contributed by atoms with Gasteiger partial charge in [-0.1, -0.05) is 77.4 Å². The van der Waals surface area contributed by atoms with Crippen molar-refractivity contribution in [2.45, 2.75) is 24.0 Å². The summed E-state index contributed by atoms with van der Waals surface area (Å²) in [5.41, 5.74) is 2.24. The molecule has 0 fully saturated rings. The topological polar surface area (TPSA) is 59.2 Å². The van der Waals surface area contributed by atoms with E-state index in [2.05, 4.69) is 9.97 Å². The van der Waals surface area contributed by atoms with Crippen molar-refractivity contribution in [3.63, 3.8) is 0 Å². The molecule has 0 N–H and O–H groups in total. The molecule has 4 aromatic rings. The Hall–Kier alpha value is -2.80. The third-order valence-corrected chi connectivity index (χ3v) is 6.10. The summed E-state index contributed by atoms with van der Waals surface area (Å²) in [6.45, 7) is 0.630. The average Bonchev–Trinajstić information content (AvgIpc) is 3.33. The fourth-order valence-electron chi connectivity index (χ4n) is 3.04. The minimum Gasteiger partial charge on any atom is -0.467 e. The van der Waals surface area contributed by atoms with E-state index in [1.54, 1.807) is 29.4 Å². The van der Waals surface area contributed by atoms with Crippen LogP contribution >= 0.6 is 35.0 Å². The summed E-state index contributed by atoms with van der Waals surface area (Å²) in [6.07, 6.45) is 3.05. The second-order valence-electron chi connectivity index (χ2n) is 6.99. The summed E-state index contributed by atoms with van der Waals surface area (Å²) >= 11 is 13.8. The zero-order valence-electron chi connectivity index (χ0n) is 16.9. The van der Waals surface area contributed by atoms with E-state index in [0.717, 1.165) is 11.1 Å². The van der Waals surface area contributed by atoms with Crippen molar-refractivity contribution in [2.75, 3.05) is 0 Å². The molecule has 0 saturated carbocycles. The summed E-state index contributed by atoms with van der Waals surface area (Å²) in [5.74, 6) is 1.05. The van der Waals surface area contributed by atoms with Gasteiger partial charge >= 0.3 is 0 Å². The van der Waals surface area contributed by atoms with Crippen molar-refractivity contribution in [2.24, 2.45) is 0 Å². The minimum absolute atomic E-state index is 0.165. The first kappa shape index (κ1) is 22.4. The Morgan fingerprint density at radius 3 is 2.44 bits per heavy atom. The van der Waals surface area contributed by atoms with E-state index < -0.39 is 0 Å². The lowest BCUT2D eigenvalue weighted by Crippen LogP contribution is -2.31. The van der Waals surface area contributed by atoms with Crippen molar-refractivity contribution in [3.05, 3.63) is 112 Å². The molecule has 0 aliphatic heterocycles. The van der Waals surface area contributed by atoms with Crippen molar-refractivity contribution in [1.29, 1.82) is 0 Å². The minimum atomic E-state index is -0.301. The number of carbonyl (C=O) groups excluding carboxylic acids is 1. The Morgan fingerprint density at radius 1 is 0.938 bits per heavy atom. The summed E-state index contributed by atoms with van der Waals surface area (Å²) in [4.78, 5) is 23.9. The SMILES string of the molecule is O=C(c1nc(SCc2ccccc2)ncc1Cl)N(Cc1ccc(Cl)cc1)Cc1ccco1. The summed E-state index contributed by atoms with van der Waals surface area (Å²) in [6, 6.07) is 21.0. The van der Waals surface area contributed by atoms with Crippen LogP contribution in [0, 0.1) is 0 Å². The number of thioether (sulfide) groups is 1. The van der Waals surface area contributed by atoms with Gasteiger partial charge in [-0.2, -0.15) is 0 Å². The number of benzene rings is 2. The highest BCUT2D eigenvalue weighted by atomic mass is 35.5. The average molecular weight is 484 g/mol. The van der Waals surface area contributed by atoms with Crippen LogP contribution < -0.4 is 0 Å². The molecule has 32 heavy (non-hydrogen) atoms. The van der Waals surface area contributed by atoms with Gasteiger partial charge in [0, 0.05) is 17.3 Å². The fourth-order valence-corrected chi connectivity index (χ4v) is 4.11. The molecular weight excluding hydrogens is 465 g/mol. The van der Waals surface area contributed by atoms with Crippen molar-refractivity contribution < 1.29 is 9.21 Å². The lowest BCUT2D eigenvalue weighted by Gasteiger charge is -2.22. The number of halogens is 2. The van der Waals surface area contributed by atoms with E-state index in [1.807, 2.05) is 48.5 Å². The first-order chi connectivity index (χ1) is 15.6. The predicted octanol–water partition coefficient (Wildman–Crippen LogP) is 6.51. The van der Waals surface area contributed by atoms with E-state index in [9.17, 15) is 4.79 Å². The highest BCUT2D eigenvalue weighted by Gasteiger charge is 2.23. The molecule has 2 aromatic carbocycles. The van der Waals surface area contributed by atoms with Gasteiger partial charge in [-0.05, 0) is 35.4 Å². The van der Waals surface area contributed by atoms with Crippen LogP contribution in [0.1, 0.15) is 27.4 Å². The quantitative estimate of drug-likeness (QED) is 0.211. The number of aromatic nitrogens is 2. The van der Waals surface area contributed by atoms with E-state index in [4.69, 9.17) is 27.6 Å². The first-order valence-corrected chi connectivity index (χ1v) is 11.6. The molecule has 0 aliphatic carbocycles. The number of carbonyl (C=O) groups is 1. The van der Waals surface area contributed by atoms with Gasteiger partial charge in [0.15, 0.2) is 10.9 Å². The van der Waals surface area contributed by atoms with Gasteiger partial charge < -0.3 is 9.32 Å². The number of rotatable bonds is 8. The molecule has 0 bridgehead atoms. The van der Waals surface area contributed by atoms with Gasteiger partial charge in [0.05, 0.1) is 24.0 Å². The molecule has 2 heterocycles. The zero-order chi connectivity index (χ0) is 22.3. The summed E-state index contributed by atoms with van der Waals surface area (Å²) in [5, 5.41) is 1.34. The van der Waals surface area contributed by atoms with Crippen LogP contribution in [0.15, 0.2) is 88.8 Å². The molecule has 4 rings (SSSR count). The molecule has 0 atom stereocenters. The highest BCUT2D eigenvalue weighted by molar-refractivity contribution is 7.98. The van der Waals surface area contributed by atoms with Crippen LogP contribution in [0.5, 0.6) is 0 Å². The number of amides is 1. The molecule has 2 aromatic heterocycles. The van der Waals surface area contributed by atoms with Crippen LogP contribution in [0.3, 0.4) is 0 Å². The zero-order valence-corrected chi connectivity index (χ0v) is 19.3. The third-order valence-electron chi connectivity index (χ3n) is 4.64. The number of hydrogen-bond acceptors (Lipinski definition) is 5. The fraction of sp³-hybridized carbons (Fsp3) is 0.125. The van der Waals surface area contributed by atoms with Gasteiger partial charge in [0.1, 0.15) is 5.76 Å². The lowest BCUT2D eigenvalue weighted by atomic mass is 10.2. The van der Waals surface area contributed by atoms with Gasteiger partial charge in [-0.25, -0.2) is 9.97 Å². The number of hydrogen-bond donors (Lipinski definition) is 0. The maximum atomic E-state index is 13.5. The summed E-state index contributed by atoms with van der Waals surface area (Å²) < 4.78 is 5.46. The van der Waals surface area contributed by atoms with Gasteiger partial charge in [0.25, 0.3) is 5.91 Å². The van der Waals surface area contributed by atoms with Gasteiger partial charge in [-0.15, -0.1) is 0 Å². The smallest absolute Gasteiger partial charge is 0.274 e. The van der Waals surface area contributed by atoms with E-state index in [0.29, 0.717) is 28.2 Å². The Morgan fingerprint density at radius 2 is 1.72 bits per heavy atom. The van der Waals surface area contributed by atoms with E-state index in [-0.39, 0.29) is 23.2 Å². The first-order valence-electron chi connectivity index (χ1n) is 9.84. The third kappa shape index (κ3) is 5.91. The molecule has 0 aliphatic rings. The molecule has 0 spiro atoms. The molecule has 8 heteroatoms. The molecule has 0 radical (unpaired) electrons. The molecular formula is C24H19Cl2N3O2S. The van der Waals surface area contributed by atoms with Crippen molar-refractivity contribution in [1.82, 2.24) is 14.9 Å². The second kappa shape index (κ2) is 10.7. The van der Waals surface area contributed by atoms with Crippen LogP contribution in [0.2, 0.25) is 10.0 Å². The van der Waals surface area contributed by atoms with Crippen molar-refractivity contribution >= 4 is 40.9 Å². The van der Waals surface area contributed by atoms with Crippen LogP contribution in [0.25, 0.3) is 0 Å². The second-order valence-corrected chi connectivity index (χ2v) is 8.78. The number of furan rings is 1. The van der Waals surface area contributed by atoms with E-state index in [1.165, 1.54) is 18.0 Å². The Balaban J connectivity index is 1.56. The lowest BCUT2D eigenvalue weighted by molar-refractivity contribution is 0.0710. The Kier molecular flexibility index (Phi) is 7.47. The van der Waals surface area contributed by atoms with Gasteiger partial charge in [0.2, 0.25) is 0 Å². The molecule has 5 nitrogen and oxygen atoms in total. The molecule has 0 unspecified atom stereocenters. The largest absolute Gasteiger partial charge is 0.467 e. The Bertz CT molecular complexity index is 1170. The highest BCUT2D eigenvalue weighted by Crippen LogP contribution is 2.24. The molecule has 1 amide bonds. The Labute approximate surface area is 200 Å². The van der Waals surface area contributed by atoms with Crippen LogP contribution in [-0.4, -0.2) is 20.8 Å². The maximum absolute atomic E-state index is 13.5. The molecule has 162 valence electrons. The van der Waals surface area contributed by atoms with Crippen molar-refractivity contribution in [3.8, 4) is 0 Å². The monoisotopic (exact) mass is 483 g/mol.